The molecule has 0 bridgehead atoms. The third-order valence-corrected chi connectivity index (χ3v) is 4.06. The fraction of sp³-hybridized carbons (Fsp3) is 0.455. The molecule has 0 spiro atoms. The van der Waals surface area contributed by atoms with Gasteiger partial charge in [0.15, 0.2) is 5.78 Å². The highest BCUT2D eigenvalue weighted by atomic mass is 35.5. The fourth-order valence-corrected chi connectivity index (χ4v) is 2.87. The van der Waals surface area contributed by atoms with Crippen molar-refractivity contribution in [3.63, 3.8) is 0 Å². The third kappa shape index (κ3) is 2.86. The average Bonchev–Trinajstić information content (AvgIpc) is 2.74. The van der Waals surface area contributed by atoms with Crippen LogP contribution in [0.25, 0.3) is 0 Å². The third-order valence-electron chi connectivity index (χ3n) is 2.81. The van der Waals surface area contributed by atoms with E-state index < -0.39 is 0 Å². The molecule has 1 aliphatic rings. The van der Waals surface area contributed by atoms with Crippen LogP contribution in [0.15, 0.2) is 12.1 Å². The van der Waals surface area contributed by atoms with Crippen LogP contribution in [0.4, 0.5) is 0 Å². The van der Waals surface area contributed by atoms with Crippen molar-refractivity contribution in [3.8, 4) is 0 Å². The number of halogens is 1. The standard InChI is InChI=1S/C11H13ClN2O2S/c1-7(14-5-4-13-10(15)6-14)11(16)8-2-3-9(12)17-8/h2-3,7H,4-6H2,1H3,(H,13,15). The van der Waals surface area contributed by atoms with E-state index in [2.05, 4.69) is 5.32 Å². The summed E-state index contributed by atoms with van der Waals surface area (Å²) in [7, 11) is 0. The Balaban J connectivity index is 2.06. The highest BCUT2D eigenvalue weighted by Crippen LogP contribution is 2.23. The second-order valence-corrected chi connectivity index (χ2v) is 5.68. The number of Topliss-reactive ketones (excluding diaryl/α,β-unsaturated/α-hetero) is 1. The normalized spacial score (nSPS) is 18.8. The van der Waals surface area contributed by atoms with Crippen molar-refractivity contribution in [1.29, 1.82) is 0 Å². The largest absolute Gasteiger partial charge is 0.354 e. The summed E-state index contributed by atoms with van der Waals surface area (Å²) in [5.74, 6) is -0.00304. The number of amides is 1. The molecule has 1 aliphatic heterocycles. The Hall–Kier alpha value is -0.910. The number of hydrogen-bond donors (Lipinski definition) is 1. The Bertz CT molecular complexity index is 446. The van der Waals surface area contributed by atoms with Gasteiger partial charge in [-0.25, -0.2) is 0 Å². The molecule has 92 valence electrons. The predicted molar refractivity (Wildman–Crippen MR) is 67.7 cm³/mol. The Morgan fingerprint density at radius 3 is 2.94 bits per heavy atom. The van der Waals surface area contributed by atoms with Gasteiger partial charge in [-0.2, -0.15) is 0 Å². The smallest absolute Gasteiger partial charge is 0.234 e. The van der Waals surface area contributed by atoms with Gasteiger partial charge < -0.3 is 5.32 Å². The van der Waals surface area contributed by atoms with E-state index in [9.17, 15) is 9.59 Å². The maximum absolute atomic E-state index is 12.1. The number of carbonyl (C=O) groups is 2. The van der Waals surface area contributed by atoms with E-state index in [0.29, 0.717) is 22.3 Å². The first-order valence-electron chi connectivity index (χ1n) is 5.38. The first kappa shape index (κ1) is 12.5. The lowest BCUT2D eigenvalue weighted by Crippen LogP contribution is -2.52. The number of hydrogen-bond acceptors (Lipinski definition) is 4. The molecule has 6 heteroatoms. The molecule has 0 aliphatic carbocycles. The van der Waals surface area contributed by atoms with E-state index in [0.717, 1.165) is 0 Å². The molecule has 1 unspecified atom stereocenters. The van der Waals surface area contributed by atoms with Crippen molar-refractivity contribution < 1.29 is 9.59 Å². The molecule has 17 heavy (non-hydrogen) atoms. The summed E-state index contributed by atoms with van der Waals surface area (Å²) >= 11 is 7.08. The van der Waals surface area contributed by atoms with Crippen LogP contribution in [0, 0.1) is 0 Å². The lowest BCUT2D eigenvalue weighted by atomic mass is 10.1. The van der Waals surface area contributed by atoms with Crippen molar-refractivity contribution in [2.24, 2.45) is 0 Å². The molecule has 0 aromatic carbocycles. The van der Waals surface area contributed by atoms with Crippen LogP contribution in [-0.4, -0.2) is 42.3 Å². The van der Waals surface area contributed by atoms with Crippen LogP contribution in [0.1, 0.15) is 16.6 Å². The summed E-state index contributed by atoms with van der Waals surface area (Å²) in [6.45, 7) is 3.42. The lowest BCUT2D eigenvalue weighted by Gasteiger charge is -2.30. The molecule has 1 aromatic rings. The second kappa shape index (κ2) is 5.16. The van der Waals surface area contributed by atoms with Crippen molar-refractivity contribution in [2.45, 2.75) is 13.0 Å². The van der Waals surface area contributed by atoms with Gasteiger partial charge >= 0.3 is 0 Å². The first-order chi connectivity index (χ1) is 8.08. The van der Waals surface area contributed by atoms with E-state index in [4.69, 9.17) is 11.6 Å². The van der Waals surface area contributed by atoms with E-state index in [1.807, 2.05) is 11.8 Å². The number of piperazine rings is 1. The van der Waals surface area contributed by atoms with E-state index in [1.54, 1.807) is 12.1 Å². The minimum Gasteiger partial charge on any atom is -0.354 e. The minimum absolute atomic E-state index is 0.0246. The molecule has 2 rings (SSSR count). The van der Waals surface area contributed by atoms with E-state index in [-0.39, 0.29) is 24.3 Å². The summed E-state index contributed by atoms with van der Waals surface area (Å²) in [5, 5.41) is 2.74. The zero-order chi connectivity index (χ0) is 12.4. The SMILES string of the molecule is CC(C(=O)c1ccc(Cl)s1)N1CCNC(=O)C1. The van der Waals surface area contributed by atoms with Gasteiger partial charge in [0.25, 0.3) is 0 Å². The Kier molecular flexibility index (Phi) is 3.81. The molecule has 1 fully saturated rings. The van der Waals surface area contributed by atoms with Crippen LogP contribution in [0.2, 0.25) is 4.34 Å². The van der Waals surface area contributed by atoms with Gasteiger partial charge in [-0.1, -0.05) is 11.6 Å². The summed E-state index contributed by atoms with van der Waals surface area (Å²) < 4.78 is 0.608. The maximum Gasteiger partial charge on any atom is 0.234 e. The van der Waals surface area contributed by atoms with Crippen LogP contribution in [0.3, 0.4) is 0 Å². The van der Waals surface area contributed by atoms with Crippen LogP contribution >= 0.6 is 22.9 Å². The monoisotopic (exact) mass is 272 g/mol. The van der Waals surface area contributed by atoms with Gasteiger partial charge in [0.2, 0.25) is 5.91 Å². The summed E-state index contributed by atoms with van der Waals surface area (Å²) in [6.07, 6.45) is 0. The highest BCUT2D eigenvalue weighted by Gasteiger charge is 2.27. The number of rotatable bonds is 3. The predicted octanol–water partition coefficient (Wildman–Crippen LogP) is 1.40. The van der Waals surface area contributed by atoms with Gasteiger partial charge in [-0.15, -0.1) is 11.3 Å². The Morgan fingerprint density at radius 1 is 1.59 bits per heavy atom. The van der Waals surface area contributed by atoms with Gasteiger partial charge in [0.1, 0.15) is 0 Å². The number of carbonyl (C=O) groups excluding carboxylic acids is 2. The zero-order valence-electron chi connectivity index (χ0n) is 9.40. The molecular weight excluding hydrogens is 260 g/mol. The van der Waals surface area contributed by atoms with Gasteiger partial charge in [0, 0.05) is 13.1 Å². The maximum atomic E-state index is 12.1. The second-order valence-electron chi connectivity index (χ2n) is 3.96. The fourth-order valence-electron chi connectivity index (χ4n) is 1.81. The van der Waals surface area contributed by atoms with Gasteiger partial charge in [0.05, 0.1) is 21.8 Å². The molecule has 0 saturated carbocycles. The molecule has 1 N–H and O–H groups in total. The molecule has 1 aromatic heterocycles. The first-order valence-corrected chi connectivity index (χ1v) is 6.57. The number of nitrogens with one attached hydrogen (secondary N) is 1. The molecule has 1 atom stereocenters. The Labute approximate surface area is 109 Å². The number of nitrogens with zero attached hydrogens (tertiary/aromatic N) is 1. The van der Waals surface area contributed by atoms with Crippen LogP contribution < -0.4 is 5.32 Å². The molecular formula is C11H13ClN2O2S. The van der Waals surface area contributed by atoms with Gasteiger partial charge in [-0.3, -0.25) is 14.5 Å². The van der Waals surface area contributed by atoms with E-state index >= 15 is 0 Å². The van der Waals surface area contributed by atoms with Crippen molar-refractivity contribution in [3.05, 3.63) is 21.3 Å². The number of thiophene rings is 1. The molecule has 4 nitrogen and oxygen atoms in total. The molecule has 1 amide bonds. The van der Waals surface area contributed by atoms with E-state index in [1.165, 1.54) is 11.3 Å². The lowest BCUT2D eigenvalue weighted by molar-refractivity contribution is -0.124. The molecule has 2 heterocycles. The molecule has 0 radical (unpaired) electrons. The number of ketones is 1. The van der Waals surface area contributed by atoms with Crippen molar-refractivity contribution >= 4 is 34.6 Å². The summed E-state index contributed by atoms with van der Waals surface area (Å²) in [4.78, 5) is 25.9. The van der Waals surface area contributed by atoms with Crippen LogP contribution in [-0.2, 0) is 4.79 Å². The summed E-state index contributed by atoms with van der Waals surface area (Å²) in [6, 6.07) is 3.17. The van der Waals surface area contributed by atoms with Crippen molar-refractivity contribution in [1.82, 2.24) is 10.2 Å². The van der Waals surface area contributed by atoms with Crippen molar-refractivity contribution in [2.75, 3.05) is 19.6 Å². The Morgan fingerprint density at radius 2 is 2.35 bits per heavy atom. The zero-order valence-corrected chi connectivity index (χ0v) is 11.0. The van der Waals surface area contributed by atoms with Gasteiger partial charge in [-0.05, 0) is 19.1 Å². The highest BCUT2D eigenvalue weighted by molar-refractivity contribution is 7.18. The topological polar surface area (TPSA) is 49.4 Å². The minimum atomic E-state index is -0.282. The summed E-state index contributed by atoms with van der Waals surface area (Å²) in [5.41, 5.74) is 0. The molecule has 1 saturated heterocycles. The average molecular weight is 273 g/mol. The quantitative estimate of drug-likeness (QED) is 0.847. The van der Waals surface area contributed by atoms with Crippen LogP contribution in [0.5, 0.6) is 0 Å².